The first-order chi connectivity index (χ1) is 14.3. The van der Waals surface area contributed by atoms with Gasteiger partial charge in [-0.25, -0.2) is 0 Å². The van der Waals surface area contributed by atoms with Crippen LogP contribution < -0.4 is 0 Å². The standard InChI is InChI=1S/C25H30N2O3/c1-17(2)18-11-13-19(14-12-18)22-21(23(28)20-9-6-5-7-10-20)24(29)25(30)27(22)16-8-15-26(3)4/h5-7,9-14,17,22,28H,8,15-16H2,1-4H3/b23-21+. The SMILES string of the molecule is CC(C)c1ccc(C2/C(=C(\O)c3ccccc3)C(=O)C(=O)N2CCCN(C)C)cc1. The number of benzene rings is 2. The summed E-state index contributed by atoms with van der Waals surface area (Å²) in [5.41, 5.74) is 2.72. The predicted molar refractivity (Wildman–Crippen MR) is 119 cm³/mol. The zero-order valence-corrected chi connectivity index (χ0v) is 18.1. The highest BCUT2D eigenvalue weighted by atomic mass is 16.3. The van der Waals surface area contributed by atoms with Gasteiger partial charge in [-0.2, -0.15) is 0 Å². The molecule has 1 atom stereocenters. The molecule has 1 heterocycles. The third-order valence-electron chi connectivity index (χ3n) is 5.51. The zero-order valence-electron chi connectivity index (χ0n) is 18.1. The van der Waals surface area contributed by atoms with Gasteiger partial charge in [0.2, 0.25) is 0 Å². The van der Waals surface area contributed by atoms with Gasteiger partial charge in [-0.3, -0.25) is 9.59 Å². The number of rotatable bonds is 7. The molecule has 0 aliphatic carbocycles. The molecule has 0 aromatic heterocycles. The van der Waals surface area contributed by atoms with E-state index in [9.17, 15) is 14.7 Å². The molecule has 1 amide bonds. The van der Waals surface area contributed by atoms with Crippen molar-refractivity contribution in [3.8, 4) is 0 Å². The lowest BCUT2D eigenvalue weighted by Crippen LogP contribution is -2.32. The first kappa shape index (κ1) is 21.8. The number of aliphatic hydroxyl groups excluding tert-OH is 1. The fraction of sp³-hybridized carbons (Fsp3) is 0.360. The van der Waals surface area contributed by atoms with Crippen LogP contribution in [-0.2, 0) is 9.59 Å². The minimum Gasteiger partial charge on any atom is -0.507 e. The highest BCUT2D eigenvalue weighted by molar-refractivity contribution is 6.46. The van der Waals surface area contributed by atoms with Crippen molar-refractivity contribution < 1.29 is 14.7 Å². The van der Waals surface area contributed by atoms with Crippen LogP contribution in [0.4, 0.5) is 0 Å². The van der Waals surface area contributed by atoms with Crippen molar-refractivity contribution >= 4 is 17.4 Å². The van der Waals surface area contributed by atoms with Gasteiger partial charge in [-0.05, 0) is 44.1 Å². The van der Waals surface area contributed by atoms with Crippen LogP contribution in [0.25, 0.3) is 5.76 Å². The van der Waals surface area contributed by atoms with Gasteiger partial charge in [0.05, 0.1) is 11.6 Å². The lowest BCUT2D eigenvalue weighted by molar-refractivity contribution is -0.139. The van der Waals surface area contributed by atoms with Crippen LogP contribution >= 0.6 is 0 Å². The van der Waals surface area contributed by atoms with E-state index in [-0.39, 0.29) is 11.3 Å². The average molecular weight is 407 g/mol. The molecule has 0 radical (unpaired) electrons. The van der Waals surface area contributed by atoms with E-state index in [0.717, 1.165) is 18.5 Å². The molecular formula is C25H30N2O3. The van der Waals surface area contributed by atoms with Crippen LogP contribution in [0.5, 0.6) is 0 Å². The number of carbonyl (C=O) groups is 2. The summed E-state index contributed by atoms with van der Waals surface area (Å²) < 4.78 is 0. The molecular weight excluding hydrogens is 376 g/mol. The summed E-state index contributed by atoms with van der Waals surface area (Å²) in [5.74, 6) is -0.917. The zero-order chi connectivity index (χ0) is 21.8. The number of carbonyl (C=O) groups excluding carboxylic acids is 2. The maximum absolute atomic E-state index is 13.0. The Bertz CT molecular complexity index is 931. The third-order valence-corrected chi connectivity index (χ3v) is 5.51. The fourth-order valence-electron chi connectivity index (χ4n) is 3.83. The molecule has 1 N–H and O–H groups in total. The number of hydrogen-bond donors (Lipinski definition) is 1. The molecule has 2 aromatic carbocycles. The second kappa shape index (κ2) is 9.26. The van der Waals surface area contributed by atoms with Crippen LogP contribution in [0.15, 0.2) is 60.2 Å². The Balaban J connectivity index is 2.07. The van der Waals surface area contributed by atoms with Crippen molar-refractivity contribution in [3.63, 3.8) is 0 Å². The second-order valence-corrected chi connectivity index (χ2v) is 8.34. The molecule has 1 unspecified atom stereocenters. The Labute approximate surface area is 178 Å². The highest BCUT2D eigenvalue weighted by Crippen LogP contribution is 2.39. The van der Waals surface area contributed by atoms with Crippen LogP contribution in [-0.4, -0.2) is 53.8 Å². The van der Waals surface area contributed by atoms with Gasteiger partial charge in [0.15, 0.2) is 0 Å². The molecule has 3 rings (SSSR count). The van der Waals surface area contributed by atoms with Gasteiger partial charge in [-0.15, -0.1) is 0 Å². The van der Waals surface area contributed by atoms with E-state index in [2.05, 4.69) is 13.8 Å². The molecule has 158 valence electrons. The first-order valence-corrected chi connectivity index (χ1v) is 10.4. The maximum Gasteiger partial charge on any atom is 0.295 e. The van der Waals surface area contributed by atoms with E-state index in [0.29, 0.717) is 18.0 Å². The van der Waals surface area contributed by atoms with Crippen molar-refractivity contribution in [1.29, 1.82) is 0 Å². The molecule has 5 nitrogen and oxygen atoms in total. The lowest BCUT2D eigenvalue weighted by atomic mass is 9.93. The summed E-state index contributed by atoms with van der Waals surface area (Å²) in [6.45, 7) is 5.50. The van der Waals surface area contributed by atoms with Gasteiger partial charge < -0.3 is 14.9 Å². The normalized spacial score (nSPS) is 18.6. The highest BCUT2D eigenvalue weighted by Gasteiger charge is 2.45. The maximum atomic E-state index is 13.0. The van der Waals surface area contributed by atoms with Crippen molar-refractivity contribution in [1.82, 2.24) is 9.80 Å². The number of hydrogen-bond acceptors (Lipinski definition) is 4. The first-order valence-electron chi connectivity index (χ1n) is 10.4. The average Bonchev–Trinajstić information content (AvgIpc) is 2.98. The van der Waals surface area contributed by atoms with Crippen molar-refractivity contribution in [2.45, 2.75) is 32.2 Å². The monoisotopic (exact) mass is 406 g/mol. The summed E-state index contributed by atoms with van der Waals surface area (Å²) in [4.78, 5) is 29.5. The molecule has 0 spiro atoms. The van der Waals surface area contributed by atoms with Gasteiger partial charge >= 0.3 is 0 Å². The molecule has 1 aliphatic rings. The molecule has 1 fully saturated rings. The number of likely N-dealkylation sites (tertiary alicyclic amines) is 1. The fourth-order valence-corrected chi connectivity index (χ4v) is 3.83. The lowest BCUT2D eigenvalue weighted by Gasteiger charge is -2.26. The molecule has 1 aliphatic heterocycles. The van der Waals surface area contributed by atoms with Crippen molar-refractivity contribution in [2.24, 2.45) is 0 Å². The predicted octanol–water partition coefficient (Wildman–Crippen LogP) is 4.18. The van der Waals surface area contributed by atoms with Crippen LogP contribution in [0.2, 0.25) is 0 Å². The Morgan fingerprint density at radius 3 is 2.23 bits per heavy atom. The minimum atomic E-state index is -0.626. The van der Waals surface area contributed by atoms with E-state index in [1.807, 2.05) is 49.3 Å². The molecule has 30 heavy (non-hydrogen) atoms. The third kappa shape index (κ3) is 4.46. The van der Waals surface area contributed by atoms with Crippen LogP contribution in [0, 0.1) is 0 Å². The van der Waals surface area contributed by atoms with E-state index in [1.165, 1.54) is 5.56 Å². The molecule has 2 aromatic rings. The molecule has 0 saturated carbocycles. The smallest absolute Gasteiger partial charge is 0.295 e. The Hall–Kier alpha value is -2.92. The Kier molecular flexibility index (Phi) is 6.73. The van der Waals surface area contributed by atoms with Crippen molar-refractivity contribution in [2.75, 3.05) is 27.2 Å². The number of ketones is 1. The number of nitrogens with zero attached hydrogens (tertiary/aromatic N) is 2. The molecule has 5 heteroatoms. The van der Waals surface area contributed by atoms with Crippen LogP contribution in [0.1, 0.15) is 48.9 Å². The summed E-state index contributed by atoms with van der Waals surface area (Å²) in [5, 5.41) is 11.0. The topological polar surface area (TPSA) is 60.9 Å². The van der Waals surface area contributed by atoms with Gasteiger partial charge in [0.1, 0.15) is 5.76 Å². The van der Waals surface area contributed by atoms with E-state index >= 15 is 0 Å². The Morgan fingerprint density at radius 2 is 1.67 bits per heavy atom. The van der Waals surface area contributed by atoms with Crippen molar-refractivity contribution in [3.05, 3.63) is 76.9 Å². The Morgan fingerprint density at radius 1 is 1.03 bits per heavy atom. The summed E-state index contributed by atoms with van der Waals surface area (Å²) in [7, 11) is 3.96. The summed E-state index contributed by atoms with van der Waals surface area (Å²) >= 11 is 0. The number of Topliss-reactive ketones (excluding diaryl/α,β-unsaturated/α-hetero) is 1. The quantitative estimate of drug-likeness (QED) is 0.426. The summed E-state index contributed by atoms with van der Waals surface area (Å²) in [6.07, 6.45) is 0.742. The molecule has 0 bridgehead atoms. The largest absolute Gasteiger partial charge is 0.507 e. The number of aliphatic hydroxyl groups is 1. The second-order valence-electron chi connectivity index (χ2n) is 8.34. The minimum absolute atomic E-state index is 0.123. The molecule has 1 saturated heterocycles. The van der Waals surface area contributed by atoms with Gasteiger partial charge in [-0.1, -0.05) is 68.4 Å². The van der Waals surface area contributed by atoms with Crippen LogP contribution in [0.3, 0.4) is 0 Å². The van der Waals surface area contributed by atoms with E-state index in [1.54, 1.807) is 29.2 Å². The van der Waals surface area contributed by atoms with E-state index in [4.69, 9.17) is 0 Å². The van der Waals surface area contributed by atoms with Gasteiger partial charge in [0, 0.05) is 12.1 Å². The number of amides is 1. The van der Waals surface area contributed by atoms with Gasteiger partial charge in [0.25, 0.3) is 11.7 Å². The van der Waals surface area contributed by atoms with E-state index < -0.39 is 17.7 Å². The summed E-state index contributed by atoms with van der Waals surface area (Å²) in [6, 6.07) is 16.3.